The average molecular weight is 231 g/mol. The Labute approximate surface area is 96.6 Å². The molecule has 4 nitrogen and oxygen atoms in total. The van der Waals surface area contributed by atoms with Crippen LogP contribution in [0, 0.1) is 0 Å². The molecule has 0 unspecified atom stereocenters. The fourth-order valence-corrected chi connectivity index (χ4v) is 1.79. The van der Waals surface area contributed by atoms with Crippen LogP contribution in [0.3, 0.4) is 0 Å². The lowest BCUT2D eigenvalue weighted by atomic mass is 10.3. The van der Waals surface area contributed by atoms with Gasteiger partial charge in [0.15, 0.2) is 0 Å². The molecule has 0 aliphatic heterocycles. The molecule has 5 heteroatoms. The van der Waals surface area contributed by atoms with Crippen LogP contribution in [0.4, 0.5) is 0 Å². The van der Waals surface area contributed by atoms with Gasteiger partial charge in [0, 0.05) is 30.2 Å². The summed E-state index contributed by atoms with van der Waals surface area (Å²) in [6.07, 6.45) is 7.14. The summed E-state index contributed by atoms with van der Waals surface area (Å²) in [6.45, 7) is 0. The zero-order valence-corrected chi connectivity index (χ0v) is 8.96. The van der Waals surface area contributed by atoms with Crippen molar-refractivity contribution >= 4 is 22.5 Å². The van der Waals surface area contributed by atoms with Gasteiger partial charge in [0.1, 0.15) is 5.82 Å². The fourth-order valence-electron chi connectivity index (χ4n) is 1.64. The van der Waals surface area contributed by atoms with Crippen molar-refractivity contribution in [2.45, 2.75) is 0 Å². The first-order valence-electron chi connectivity index (χ1n) is 4.74. The number of aromatic nitrogens is 4. The third kappa shape index (κ3) is 1.44. The highest BCUT2D eigenvalue weighted by Gasteiger charge is 2.04. The molecule has 0 aliphatic rings. The predicted molar refractivity (Wildman–Crippen MR) is 61.7 cm³/mol. The highest BCUT2D eigenvalue weighted by atomic mass is 35.5. The van der Waals surface area contributed by atoms with Gasteiger partial charge in [0.2, 0.25) is 5.28 Å². The van der Waals surface area contributed by atoms with Crippen LogP contribution in [-0.2, 0) is 0 Å². The van der Waals surface area contributed by atoms with E-state index in [-0.39, 0.29) is 5.28 Å². The number of halogens is 1. The molecule has 3 heterocycles. The Morgan fingerprint density at radius 3 is 2.94 bits per heavy atom. The van der Waals surface area contributed by atoms with E-state index in [1.54, 1.807) is 12.4 Å². The first-order valence-corrected chi connectivity index (χ1v) is 5.12. The first-order chi connectivity index (χ1) is 7.84. The van der Waals surface area contributed by atoms with Crippen LogP contribution >= 0.6 is 11.6 Å². The van der Waals surface area contributed by atoms with E-state index in [1.807, 2.05) is 35.2 Å². The van der Waals surface area contributed by atoms with Crippen molar-refractivity contribution in [3.8, 4) is 5.82 Å². The molecule has 3 aromatic rings. The smallest absolute Gasteiger partial charge is 0.224 e. The van der Waals surface area contributed by atoms with Crippen LogP contribution in [0.15, 0.2) is 43.0 Å². The third-order valence-corrected chi connectivity index (χ3v) is 2.53. The molecular weight excluding hydrogens is 224 g/mol. The molecule has 0 bridgehead atoms. The van der Waals surface area contributed by atoms with E-state index in [9.17, 15) is 0 Å². The lowest BCUT2D eigenvalue weighted by Gasteiger charge is -2.03. The minimum Gasteiger partial charge on any atom is -0.301 e. The van der Waals surface area contributed by atoms with Gasteiger partial charge in [0.25, 0.3) is 0 Å². The summed E-state index contributed by atoms with van der Waals surface area (Å²) in [5.41, 5.74) is 1.05. The molecule has 3 rings (SSSR count). The van der Waals surface area contributed by atoms with Crippen LogP contribution in [0.25, 0.3) is 16.7 Å². The van der Waals surface area contributed by atoms with E-state index in [2.05, 4.69) is 15.0 Å². The highest BCUT2D eigenvalue weighted by Crippen LogP contribution is 2.18. The van der Waals surface area contributed by atoms with Gasteiger partial charge in [-0.15, -0.1) is 0 Å². The average Bonchev–Trinajstić information content (AvgIpc) is 2.72. The van der Waals surface area contributed by atoms with Crippen molar-refractivity contribution < 1.29 is 0 Å². The minimum atomic E-state index is 0.244. The van der Waals surface area contributed by atoms with Gasteiger partial charge >= 0.3 is 0 Å². The maximum absolute atomic E-state index is 5.77. The van der Waals surface area contributed by atoms with Crippen molar-refractivity contribution in [2.24, 2.45) is 0 Å². The molecule has 0 amide bonds. The number of fused-ring (bicyclic) bond motifs is 1. The molecule has 78 valence electrons. The standard InChI is InChI=1S/C11H7ClN4/c12-11-14-5-2-10(15-11)16-6-3-8-7-13-4-1-9(8)16/h1-7H. The molecule has 0 aromatic carbocycles. The van der Waals surface area contributed by atoms with Crippen molar-refractivity contribution in [3.63, 3.8) is 0 Å². The summed E-state index contributed by atoms with van der Waals surface area (Å²) >= 11 is 5.77. The zero-order valence-electron chi connectivity index (χ0n) is 8.21. The van der Waals surface area contributed by atoms with E-state index in [1.165, 1.54) is 0 Å². The van der Waals surface area contributed by atoms with E-state index < -0.39 is 0 Å². The Kier molecular flexibility index (Phi) is 2.08. The van der Waals surface area contributed by atoms with Gasteiger partial charge in [-0.1, -0.05) is 0 Å². The molecule has 0 N–H and O–H groups in total. The predicted octanol–water partition coefficient (Wildman–Crippen LogP) is 2.47. The molecule has 0 fully saturated rings. The maximum atomic E-state index is 5.77. The molecule has 0 saturated carbocycles. The lowest BCUT2D eigenvalue weighted by molar-refractivity contribution is 1.01. The molecule has 0 radical (unpaired) electrons. The maximum Gasteiger partial charge on any atom is 0.224 e. The number of pyridine rings is 1. The van der Waals surface area contributed by atoms with E-state index in [0.717, 1.165) is 16.7 Å². The molecule has 0 spiro atoms. The van der Waals surface area contributed by atoms with Crippen molar-refractivity contribution in [1.82, 2.24) is 19.5 Å². The Balaban J connectivity index is 2.26. The van der Waals surface area contributed by atoms with Crippen molar-refractivity contribution in [1.29, 1.82) is 0 Å². The summed E-state index contributed by atoms with van der Waals surface area (Å²) in [4.78, 5) is 12.1. The van der Waals surface area contributed by atoms with Gasteiger partial charge in [-0.25, -0.2) is 4.98 Å². The van der Waals surface area contributed by atoms with Crippen LogP contribution in [-0.4, -0.2) is 19.5 Å². The van der Waals surface area contributed by atoms with Gasteiger partial charge in [-0.3, -0.25) is 4.98 Å². The first kappa shape index (κ1) is 9.30. The summed E-state index contributed by atoms with van der Waals surface area (Å²) in [5, 5.41) is 1.31. The Morgan fingerprint density at radius 2 is 2.06 bits per heavy atom. The van der Waals surface area contributed by atoms with Gasteiger partial charge in [-0.2, -0.15) is 4.98 Å². The monoisotopic (exact) mass is 230 g/mol. The lowest BCUT2D eigenvalue weighted by Crippen LogP contribution is -1.96. The quantitative estimate of drug-likeness (QED) is 0.603. The number of rotatable bonds is 1. The van der Waals surface area contributed by atoms with Gasteiger partial charge in [-0.05, 0) is 29.8 Å². The topological polar surface area (TPSA) is 43.6 Å². The summed E-state index contributed by atoms with van der Waals surface area (Å²) in [5.74, 6) is 0.751. The Morgan fingerprint density at radius 1 is 1.12 bits per heavy atom. The zero-order chi connectivity index (χ0) is 11.0. The Bertz CT molecular complexity index is 647. The summed E-state index contributed by atoms with van der Waals surface area (Å²) in [7, 11) is 0. The largest absolute Gasteiger partial charge is 0.301 e. The van der Waals surface area contributed by atoms with Crippen molar-refractivity contribution in [2.75, 3.05) is 0 Å². The van der Waals surface area contributed by atoms with E-state index in [0.29, 0.717) is 0 Å². The third-order valence-electron chi connectivity index (χ3n) is 2.35. The van der Waals surface area contributed by atoms with Crippen molar-refractivity contribution in [3.05, 3.63) is 48.3 Å². The van der Waals surface area contributed by atoms with Gasteiger partial charge in [0.05, 0.1) is 5.52 Å². The van der Waals surface area contributed by atoms with Crippen LogP contribution in [0.2, 0.25) is 5.28 Å². The molecule has 0 saturated heterocycles. The van der Waals surface area contributed by atoms with E-state index in [4.69, 9.17) is 11.6 Å². The second-order valence-electron chi connectivity index (χ2n) is 3.30. The second kappa shape index (κ2) is 3.57. The molecule has 0 aliphatic carbocycles. The van der Waals surface area contributed by atoms with E-state index >= 15 is 0 Å². The van der Waals surface area contributed by atoms with Crippen LogP contribution in [0.5, 0.6) is 0 Å². The summed E-state index contributed by atoms with van der Waals surface area (Å²) < 4.78 is 1.95. The summed E-state index contributed by atoms with van der Waals surface area (Å²) in [6, 6.07) is 5.73. The second-order valence-corrected chi connectivity index (χ2v) is 3.64. The van der Waals surface area contributed by atoms with Crippen LogP contribution < -0.4 is 0 Å². The fraction of sp³-hybridized carbons (Fsp3) is 0. The molecule has 0 atom stereocenters. The van der Waals surface area contributed by atoms with Gasteiger partial charge < -0.3 is 4.57 Å². The molecule has 16 heavy (non-hydrogen) atoms. The normalized spacial score (nSPS) is 10.8. The molecular formula is C11H7ClN4. The minimum absolute atomic E-state index is 0.244. The Hall–Kier alpha value is -1.94. The number of nitrogens with zero attached hydrogens (tertiary/aromatic N) is 4. The van der Waals surface area contributed by atoms with Crippen LogP contribution in [0.1, 0.15) is 0 Å². The number of hydrogen-bond donors (Lipinski definition) is 0. The number of hydrogen-bond acceptors (Lipinski definition) is 3. The SMILES string of the molecule is Clc1nccc(-n2ccc3cnccc32)n1. The molecule has 3 aromatic heterocycles. The highest BCUT2D eigenvalue weighted by molar-refractivity contribution is 6.28.